The van der Waals surface area contributed by atoms with Crippen LogP contribution in [0.2, 0.25) is 0 Å². The van der Waals surface area contributed by atoms with Gasteiger partial charge >= 0.3 is 0 Å². The molecule has 0 amide bonds. The van der Waals surface area contributed by atoms with Crippen molar-refractivity contribution < 1.29 is 4.74 Å². The van der Waals surface area contributed by atoms with E-state index in [0.29, 0.717) is 0 Å². The maximum absolute atomic E-state index is 5.91. The molecule has 26 heavy (non-hydrogen) atoms. The largest absolute Gasteiger partial charge is 0.373 e. The topological polar surface area (TPSA) is 22.3 Å². The smallest absolute Gasteiger partial charge is 0.186 e. The quantitative estimate of drug-likeness (QED) is 0.635. The van der Waals surface area contributed by atoms with Gasteiger partial charge in [0.15, 0.2) is 4.77 Å². The number of benzene rings is 2. The van der Waals surface area contributed by atoms with Gasteiger partial charge in [0.1, 0.15) is 0 Å². The van der Waals surface area contributed by atoms with Crippen molar-refractivity contribution in [1.29, 1.82) is 0 Å². The molecule has 0 spiro atoms. The maximum atomic E-state index is 5.91. The summed E-state index contributed by atoms with van der Waals surface area (Å²) in [5.74, 6) is 0. The molecule has 1 saturated heterocycles. The Morgan fingerprint density at radius 3 is 2.38 bits per heavy atom. The number of rotatable bonds is 3. The lowest BCUT2D eigenvalue weighted by atomic mass is 10.2. The van der Waals surface area contributed by atoms with E-state index >= 15 is 0 Å². The van der Waals surface area contributed by atoms with Crippen LogP contribution in [-0.2, 0) is 11.4 Å². The van der Waals surface area contributed by atoms with Crippen LogP contribution >= 0.6 is 12.2 Å². The van der Waals surface area contributed by atoms with Crippen molar-refractivity contribution in [2.75, 3.05) is 13.1 Å². The molecule has 5 heteroatoms. The fourth-order valence-electron chi connectivity index (χ4n) is 3.96. The number of hydrogen-bond acceptors (Lipinski definition) is 3. The van der Waals surface area contributed by atoms with Gasteiger partial charge in [-0.1, -0.05) is 24.3 Å². The molecule has 0 saturated carbocycles. The summed E-state index contributed by atoms with van der Waals surface area (Å²) in [5, 5.41) is 0. The van der Waals surface area contributed by atoms with Crippen LogP contribution in [0.5, 0.6) is 0 Å². The van der Waals surface area contributed by atoms with Crippen molar-refractivity contribution in [3.05, 3.63) is 58.9 Å². The van der Waals surface area contributed by atoms with Crippen LogP contribution in [0.25, 0.3) is 16.7 Å². The van der Waals surface area contributed by atoms with Crippen LogP contribution in [0.4, 0.5) is 0 Å². The summed E-state index contributed by atoms with van der Waals surface area (Å²) < 4.78 is 11.1. The molecule has 1 aromatic heterocycles. The molecule has 2 unspecified atom stereocenters. The normalized spacial score (nSPS) is 21.3. The molecule has 136 valence electrons. The Morgan fingerprint density at radius 2 is 1.69 bits per heavy atom. The maximum Gasteiger partial charge on any atom is 0.186 e. The fourth-order valence-corrected chi connectivity index (χ4v) is 4.32. The van der Waals surface area contributed by atoms with Gasteiger partial charge in [-0.25, -0.2) is 0 Å². The third kappa shape index (κ3) is 3.22. The van der Waals surface area contributed by atoms with Gasteiger partial charge in [0, 0.05) is 18.8 Å². The minimum atomic E-state index is 0.248. The molecule has 0 bridgehead atoms. The lowest BCUT2D eigenvalue weighted by molar-refractivity contribution is -0.0763. The monoisotopic (exact) mass is 367 g/mol. The van der Waals surface area contributed by atoms with Gasteiger partial charge < -0.3 is 9.30 Å². The molecule has 3 aromatic rings. The second-order valence-corrected chi connectivity index (χ2v) is 7.67. The van der Waals surface area contributed by atoms with Gasteiger partial charge in [0.25, 0.3) is 0 Å². The Hall–Kier alpha value is -1.95. The molecule has 2 heterocycles. The van der Waals surface area contributed by atoms with Gasteiger partial charge in [-0.2, -0.15) is 0 Å². The first-order valence-corrected chi connectivity index (χ1v) is 9.59. The number of ether oxygens (including phenoxy) is 1. The zero-order valence-corrected chi connectivity index (χ0v) is 16.4. The van der Waals surface area contributed by atoms with E-state index in [-0.39, 0.29) is 12.2 Å². The molecule has 2 aromatic carbocycles. The summed E-state index contributed by atoms with van der Waals surface area (Å²) in [7, 11) is 0. The summed E-state index contributed by atoms with van der Waals surface area (Å²) in [6.45, 7) is 9.03. The predicted molar refractivity (Wildman–Crippen MR) is 108 cm³/mol. The number of aryl methyl sites for hydroxylation is 1. The van der Waals surface area contributed by atoms with Crippen LogP contribution in [0.3, 0.4) is 0 Å². The van der Waals surface area contributed by atoms with Crippen molar-refractivity contribution in [3.8, 4) is 5.69 Å². The summed E-state index contributed by atoms with van der Waals surface area (Å²) in [6, 6.07) is 17.0. The molecule has 4 nitrogen and oxygen atoms in total. The molecular weight excluding hydrogens is 342 g/mol. The van der Waals surface area contributed by atoms with E-state index in [9.17, 15) is 0 Å². The molecule has 0 aliphatic carbocycles. The van der Waals surface area contributed by atoms with Crippen LogP contribution in [0.15, 0.2) is 48.5 Å². The molecule has 0 N–H and O–H groups in total. The van der Waals surface area contributed by atoms with E-state index in [0.717, 1.165) is 35.7 Å². The van der Waals surface area contributed by atoms with Crippen LogP contribution in [0.1, 0.15) is 19.4 Å². The van der Waals surface area contributed by atoms with E-state index < -0.39 is 0 Å². The third-order valence-electron chi connectivity index (χ3n) is 4.93. The number of nitrogens with zero attached hydrogens (tertiary/aromatic N) is 3. The highest BCUT2D eigenvalue weighted by atomic mass is 32.1. The van der Waals surface area contributed by atoms with Crippen LogP contribution < -0.4 is 0 Å². The Labute approximate surface area is 159 Å². The highest BCUT2D eigenvalue weighted by molar-refractivity contribution is 7.71. The summed E-state index contributed by atoms with van der Waals surface area (Å²) in [6.07, 6.45) is 0.496. The molecular formula is C21H25N3OS. The molecule has 0 radical (unpaired) electrons. The Balaban J connectivity index is 1.81. The van der Waals surface area contributed by atoms with Gasteiger partial charge in [-0.05, 0) is 62.8 Å². The minimum absolute atomic E-state index is 0.248. The highest BCUT2D eigenvalue weighted by Crippen LogP contribution is 2.24. The van der Waals surface area contributed by atoms with Gasteiger partial charge in [-0.3, -0.25) is 9.47 Å². The number of para-hydroxylation sites is 2. The fraction of sp³-hybridized carbons (Fsp3) is 0.381. The molecule has 2 atom stereocenters. The third-order valence-corrected chi connectivity index (χ3v) is 5.34. The van der Waals surface area contributed by atoms with E-state index in [1.54, 1.807) is 0 Å². The lowest BCUT2D eigenvalue weighted by Gasteiger charge is -2.35. The van der Waals surface area contributed by atoms with E-state index in [2.05, 4.69) is 83.3 Å². The van der Waals surface area contributed by atoms with E-state index in [4.69, 9.17) is 17.0 Å². The summed E-state index contributed by atoms with van der Waals surface area (Å²) in [4.78, 5) is 2.43. The van der Waals surface area contributed by atoms with E-state index in [1.165, 1.54) is 11.1 Å². The molecule has 1 aliphatic heterocycles. The van der Waals surface area contributed by atoms with Crippen LogP contribution in [-0.4, -0.2) is 39.3 Å². The van der Waals surface area contributed by atoms with Crippen molar-refractivity contribution in [1.82, 2.24) is 14.0 Å². The van der Waals surface area contributed by atoms with Crippen molar-refractivity contribution in [2.45, 2.75) is 39.6 Å². The Kier molecular flexibility index (Phi) is 4.69. The van der Waals surface area contributed by atoms with Crippen LogP contribution in [0, 0.1) is 11.7 Å². The second kappa shape index (κ2) is 6.99. The minimum Gasteiger partial charge on any atom is -0.373 e. The van der Waals surface area contributed by atoms with Gasteiger partial charge in [0.2, 0.25) is 0 Å². The second-order valence-electron chi connectivity index (χ2n) is 7.31. The summed E-state index contributed by atoms with van der Waals surface area (Å²) >= 11 is 5.91. The Bertz CT molecular complexity index is 980. The molecule has 1 fully saturated rings. The van der Waals surface area contributed by atoms with Crippen molar-refractivity contribution in [2.24, 2.45) is 0 Å². The predicted octanol–water partition coefficient (Wildman–Crippen LogP) is 4.54. The SMILES string of the molecule is Cc1cccc(-n2c(=S)n(CN3CC(C)OC(C)C3)c3ccccc32)c1. The number of aromatic nitrogens is 2. The number of imidazole rings is 1. The zero-order valence-electron chi connectivity index (χ0n) is 15.6. The first kappa shape index (κ1) is 17.5. The average molecular weight is 368 g/mol. The van der Waals surface area contributed by atoms with E-state index in [1.807, 2.05) is 0 Å². The van der Waals surface area contributed by atoms with Gasteiger partial charge in [0.05, 0.1) is 29.9 Å². The van der Waals surface area contributed by atoms with Crippen molar-refractivity contribution in [3.63, 3.8) is 0 Å². The first-order valence-electron chi connectivity index (χ1n) is 9.18. The average Bonchev–Trinajstić information content (AvgIpc) is 2.86. The number of morpholine rings is 1. The lowest BCUT2D eigenvalue weighted by Crippen LogP contribution is -2.45. The van der Waals surface area contributed by atoms with Crippen molar-refractivity contribution >= 4 is 23.3 Å². The zero-order chi connectivity index (χ0) is 18.3. The Morgan fingerprint density at radius 1 is 1.00 bits per heavy atom. The standard InChI is InChI=1S/C21H25N3OS/c1-15-7-6-8-18(11-15)24-20-10-5-4-9-19(20)23(21(24)26)14-22-12-16(2)25-17(3)13-22/h4-11,16-17H,12-14H2,1-3H3. The van der Waals surface area contributed by atoms with Gasteiger partial charge in [-0.15, -0.1) is 0 Å². The molecule has 1 aliphatic rings. The highest BCUT2D eigenvalue weighted by Gasteiger charge is 2.23. The number of fused-ring (bicyclic) bond motifs is 1. The number of hydrogen-bond donors (Lipinski definition) is 0. The summed E-state index contributed by atoms with van der Waals surface area (Å²) in [5.41, 5.74) is 4.67. The molecule has 4 rings (SSSR count). The first-order chi connectivity index (χ1) is 12.5.